The van der Waals surface area contributed by atoms with Gasteiger partial charge in [-0.2, -0.15) is 0 Å². The third-order valence-electron chi connectivity index (χ3n) is 2.84. The first-order valence-corrected chi connectivity index (χ1v) is 7.98. The minimum atomic E-state index is -0.116. The highest BCUT2D eigenvalue weighted by Crippen LogP contribution is 2.38. The predicted molar refractivity (Wildman–Crippen MR) is 89.8 cm³/mol. The first-order valence-electron chi connectivity index (χ1n) is 6.38. The van der Waals surface area contributed by atoms with Gasteiger partial charge in [-0.05, 0) is 37.6 Å². The highest BCUT2D eigenvalue weighted by molar-refractivity contribution is 8.26. The summed E-state index contributed by atoms with van der Waals surface area (Å²) in [6, 6.07) is 3.22. The van der Waals surface area contributed by atoms with Gasteiger partial charge in [0.1, 0.15) is 4.32 Å². The number of carbonyl (C=O) groups excluding carboxylic acids is 1. The van der Waals surface area contributed by atoms with Crippen LogP contribution in [0.1, 0.15) is 19.4 Å². The van der Waals surface area contributed by atoms with Crippen LogP contribution < -0.4 is 4.74 Å². The molecule has 0 bridgehead atoms. The quantitative estimate of drug-likeness (QED) is 0.667. The summed E-state index contributed by atoms with van der Waals surface area (Å²) >= 11 is 12.4. The van der Waals surface area contributed by atoms with Crippen molar-refractivity contribution in [3.8, 4) is 11.5 Å². The van der Waals surface area contributed by atoms with Crippen molar-refractivity contribution in [3.63, 3.8) is 0 Å². The number of likely N-dealkylation sites (N-methyl/N-ethyl adjacent to an activating group) is 1. The second-order valence-electron chi connectivity index (χ2n) is 4.21. The summed E-state index contributed by atoms with van der Waals surface area (Å²) in [6.45, 7) is 4.64. The van der Waals surface area contributed by atoms with Crippen LogP contribution in [0, 0.1) is 0 Å². The van der Waals surface area contributed by atoms with Gasteiger partial charge < -0.3 is 9.84 Å². The second-order valence-corrected chi connectivity index (χ2v) is 6.29. The first-order chi connectivity index (χ1) is 9.97. The molecule has 21 heavy (non-hydrogen) atoms. The number of aromatic hydroxyl groups is 1. The van der Waals surface area contributed by atoms with Gasteiger partial charge in [0.15, 0.2) is 11.5 Å². The largest absolute Gasteiger partial charge is 0.503 e. The van der Waals surface area contributed by atoms with Crippen molar-refractivity contribution >= 4 is 51.9 Å². The zero-order valence-corrected chi connectivity index (χ0v) is 13.9. The molecule has 1 aliphatic rings. The molecule has 112 valence electrons. The SMILES string of the molecule is CCOc1cc(/C=C2/SC(=S)N(CC)C2=O)cc(Cl)c1O. The van der Waals surface area contributed by atoms with Crippen molar-refractivity contribution in [3.05, 3.63) is 27.6 Å². The van der Waals surface area contributed by atoms with Crippen LogP contribution in [0.25, 0.3) is 6.08 Å². The fourth-order valence-corrected chi connectivity index (χ4v) is 3.47. The number of halogens is 1. The average Bonchev–Trinajstić information content (AvgIpc) is 2.70. The summed E-state index contributed by atoms with van der Waals surface area (Å²) in [6.07, 6.45) is 1.70. The monoisotopic (exact) mass is 343 g/mol. The number of carbonyl (C=O) groups is 1. The molecule has 1 saturated heterocycles. The zero-order chi connectivity index (χ0) is 15.6. The number of nitrogens with zero attached hydrogens (tertiary/aromatic N) is 1. The van der Waals surface area contributed by atoms with Gasteiger partial charge in [-0.1, -0.05) is 35.6 Å². The number of hydrogen-bond acceptors (Lipinski definition) is 5. The lowest BCUT2D eigenvalue weighted by molar-refractivity contribution is -0.121. The van der Waals surface area contributed by atoms with Gasteiger partial charge in [0.05, 0.1) is 16.5 Å². The molecule has 0 atom stereocenters. The average molecular weight is 344 g/mol. The number of benzene rings is 1. The number of rotatable bonds is 4. The number of phenols is 1. The van der Waals surface area contributed by atoms with E-state index in [9.17, 15) is 9.90 Å². The summed E-state index contributed by atoms with van der Waals surface area (Å²) in [5.74, 6) is 0.0775. The number of ether oxygens (including phenoxy) is 1. The van der Waals surface area contributed by atoms with Crippen molar-refractivity contribution in [2.75, 3.05) is 13.2 Å². The topological polar surface area (TPSA) is 49.8 Å². The maximum absolute atomic E-state index is 12.1. The Morgan fingerprint density at radius 2 is 2.19 bits per heavy atom. The van der Waals surface area contributed by atoms with E-state index in [0.717, 1.165) is 0 Å². The Bertz CT molecular complexity index is 631. The van der Waals surface area contributed by atoms with Gasteiger partial charge in [0, 0.05) is 6.54 Å². The smallest absolute Gasteiger partial charge is 0.266 e. The number of thioether (sulfide) groups is 1. The third-order valence-corrected chi connectivity index (χ3v) is 4.50. The lowest BCUT2D eigenvalue weighted by Crippen LogP contribution is -2.27. The molecule has 0 aliphatic carbocycles. The number of amides is 1. The Labute approximate surface area is 137 Å². The van der Waals surface area contributed by atoms with E-state index in [1.165, 1.54) is 16.7 Å². The van der Waals surface area contributed by atoms with Crippen LogP contribution in [0.2, 0.25) is 5.02 Å². The van der Waals surface area contributed by atoms with Crippen LogP contribution in [-0.4, -0.2) is 33.4 Å². The Morgan fingerprint density at radius 3 is 2.76 bits per heavy atom. The highest BCUT2D eigenvalue weighted by atomic mass is 35.5. The molecule has 1 aromatic rings. The van der Waals surface area contributed by atoms with Gasteiger partial charge in [0.25, 0.3) is 5.91 Å². The Kier molecular flexibility index (Phi) is 5.13. The summed E-state index contributed by atoms with van der Waals surface area (Å²) in [5, 5.41) is 9.99. The van der Waals surface area contributed by atoms with Crippen LogP contribution in [0.15, 0.2) is 17.0 Å². The molecule has 1 heterocycles. The van der Waals surface area contributed by atoms with E-state index in [-0.39, 0.29) is 16.7 Å². The van der Waals surface area contributed by atoms with Gasteiger partial charge >= 0.3 is 0 Å². The van der Waals surface area contributed by atoms with E-state index < -0.39 is 0 Å². The molecule has 4 nitrogen and oxygen atoms in total. The lowest BCUT2D eigenvalue weighted by atomic mass is 10.2. The molecular formula is C14H14ClNO3S2. The molecule has 7 heteroatoms. The van der Waals surface area contributed by atoms with Crippen molar-refractivity contribution in [2.24, 2.45) is 0 Å². The van der Waals surface area contributed by atoms with E-state index in [4.69, 9.17) is 28.6 Å². The van der Waals surface area contributed by atoms with Crippen LogP contribution in [0.3, 0.4) is 0 Å². The van der Waals surface area contributed by atoms with Crippen molar-refractivity contribution < 1.29 is 14.6 Å². The fraction of sp³-hybridized carbons (Fsp3) is 0.286. The molecule has 1 N–H and O–H groups in total. The predicted octanol–water partition coefficient (Wildman–Crippen LogP) is 3.67. The van der Waals surface area contributed by atoms with Crippen LogP contribution in [0.5, 0.6) is 11.5 Å². The minimum Gasteiger partial charge on any atom is -0.503 e. The molecule has 1 aliphatic heterocycles. The van der Waals surface area contributed by atoms with Crippen molar-refractivity contribution in [1.82, 2.24) is 4.90 Å². The van der Waals surface area contributed by atoms with Gasteiger partial charge in [-0.3, -0.25) is 9.69 Å². The van der Waals surface area contributed by atoms with Crippen molar-refractivity contribution in [1.29, 1.82) is 0 Å². The van der Waals surface area contributed by atoms with Crippen LogP contribution in [0.4, 0.5) is 0 Å². The van der Waals surface area contributed by atoms with Crippen molar-refractivity contribution in [2.45, 2.75) is 13.8 Å². The second kappa shape index (κ2) is 6.68. The Hall–Kier alpha value is -1.24. The summed E-state index contributed by atoms with van der Waals surface area (Å²) in [7, 11) is 0. The summed E-state index contributed by atoms with van der Waals surface area (Å²) in [5.41, 5.74) is 0.679. The molecule has 0 radical (unpaired) electrons. The number of thiocarbonyl (C=S) groups is 1. The van der Waals surface area contributed by atoms with Crippen LogP contribution in [-0.2, 0) is 4.79 Å². The minimum absolute atomic E-state index is 0.100. The van der Waals surface area contributed by atoms with E-state index in [0.29, 0.717) is 33.7 Å². The van der Waals surface area contributed by atoms with Gasteiger partial charge in [0.2, 0.25) is 0 Å². The van der Waals surface area contributed by atoms with E-state index in [1.54, 1.807) is 18.2 Å². The molecule has 0 spiro atoms. The normalized spacial score (nSPS) is 16.9. The maximum Gasteiger partial charge on any atom is 0.266 e. The standard InChI is InChI=1S/C14H14ClNO3S2/c1-3-16-13(18)11(21-14(16)20)7-8-5-9(15)12(17)10(6-8)19-4-2/h5-7,17H,3-4H2,1-2H3/b11-7+. The van der Waals surface area contributed by atoms with Gasteiger partial charge in [-0.25, -0.2) is 0 Å². The third kappa shape index (κ3) is 3.33. The molecule has 1 aromatic carbocycles. The Balaban J connectivity index is 2.37. The zero-order valence-electron chi connectivity index (χ0n) is 11.6. The molecule has 1 fully saturated rings. The van der Waals surface area contributed by atoms with E-state index >= 15 is 0 Å². The molecule has 0 aromatic heterocycles. The van der Waals surface area contributed by atoms with E-state index in [2.05, 4.69) is 0 Å². The Morgan fingerprint density at radius 1 is 1.48 bits per heavy atom. The molecule has 0 saturated carbocycles. The van der Waals surface area contributed by atoms with Gasteiger partial charge in [-0.15, -0.1) is 0 Å². The number of hydrogen-bond donors (Lipinski definition) is 1. The molecule has 2 rings (SSSR count). The number of phenolic OH excluding ortho intramolecular Hbond substituents is 1. The molecule has 0 unspecified atom stereocenters. The summed E-state index contributed by atoms with van der Waals surface area (Å²) in [4.78, 5) is 14.2. The first kappa shape index (κ1) is 16.1. The fourth-order valence-electron chi connectivity index (χ4n) is 1.87. The molecule has 1 amide bonds. The molecular weight excluding hydrogens is 330 g/mol. The lowest BCUT2D eigenvalue weighted by Gasteiger charge is -2.10. The van der Waals surface area contributed by atoms with Crippen LogP contribution >= 0.6 is 35.6 Å². The maximum atomic E-state index is 12.1. The highest BCUT2D eigenvalue weighted by Gasteiger charge is 2.30. The van der Waals surface area contributed by atoms with E-state index in [1.807, 2.05) is 13.8 Å². The summed E-state index contributed by atoms with van der Waals surface area (Å²) < 4.78 is 5.87.